The summed E-state index contributed by atoms with van der Waals surface area (Å²) < 4.78 is 31.6. The Bertz CT molecular complexity index is 603. The molecule has 8 heteroatoms. The molecule has 6 nitrogen and oxygen atoms in total. The molecule has 1 aromatic rings. The highest BCUT2D eigenvalue weighted by atomic mass is 35.5. The predicted octanol–water partition coefficient (Wildman–Crippen LogP) is 1.81. The zero-order valence-electron chi connectivity index (χ0n) is 11.8. The molecule has 0 aliphatic heterocycles. The van der Waals surface area contributed by atoms with Crippen molar-refractivity contribution in [2.75, 3.05) is 13.7 Å². The van der Waals surface area contributed by atoms with Gasteiger partial charge in [-0.15, -0.1) is 0 Å². The quantitative estimate of drug-likeness (QED) is 0.707. The number of hydrogen-bond acceptors (Lipinski definition) is 4. The molecule has 118 valence electrons. The Labute approximate surface area is 129 Å². The van der Waals surface area contributed by atoms with Gasteiger partial charge in [0.05, 0.1) is 4.90 Å². The summed E-state index contributed by atoms with van der Waals surface area (Å²) in [5.74, 6) is -1.22. The highest BCUT2D eigenvalue weighted by Gasteiger charge is 2.26. The largest absolute Gasteiger partial charge is 0.480 e. The molecule has 1 atom stereocenters. The van der Waals surface area contributed by atoms with Crippen LogP contribution in [0.1, 0.15) is 18.4 Å². The first-order valence-corrected chi connectivity index (χ1v) is 8.14. The van der Waals surface area contributed by atoms with Gasteiger partial charge in [-0.25, -0.2) is 8.42 Å². The lowest BCUT2D eigenvalue weighted by molar-refractivity contribution is -0.139. The zero-order valence-corrected chi connectivity index (χ0v) is 13.4. The van der Waals surface area contributed by atoms with E-state index in [4.69, 9.17) is 21.4 Å². The Balaban J connectivity index is 2.92. The molecule has 1 aromatic carbocycles. The number of hydrogen-bond donors (Lipinski definition) is 2. The molecule has 0 saturated heterocycles. The monoisotopic (exact) mass is 335 g/mol. The molecule has 2 N–H and O–H groups in total. The second kappa shape index (κ2) is 7.74. The van der Waals surface area contributed by atoms with Gasteiger partial charge in [-0.05, 0) is 43.5 Å². The van der Waals surface area contributed by atoms with Crippen molar-refractivity contribution in [2.45, 2.75) is 30.7 Å². The molecule has 21 heavy (non-hydrogen) atoms. The molecule has 1 unspecified atom stereocenters. The third-order valence-electron chi connectivity index (χ3n) is 2.86. The Kier molecular flexibility index (Phi) is 6.60. The van der Waals surface area contributed by atoms with Crippen molar-refractivity contribution in [3.63, 3.8) is 0 Å². The second-order valence-corrected chi connectivity index (χ2v) is 6.68. The lowest BCUT2D eigenvalue weighted by atomic mass is 10.2. The summed E-state index contributed by atoms with van der Waals surface area (Å²) >= 11 is 5.78. The van der Waals surface area contributed by atoms with Crippen LogP contribution in [0.15, 0.2) is 23.1 Å². The minimum atomic E-state index is -3.92. The molecule has 0 fully saturated rings. The Morgan fingerprint density at radius 2 is 2.14 bits per heavy atom. The minimum Gasteiger partial charge on any atom is -0.480 e. The summed E-state index contributed by atoms with van der Waals surface area (Å²) in [6, 6.07) is 3.12. The number of benzene rings is 1. The van der Waals surface area contributed by atoms with Crippen LogP contribution in [0.25, 0.3) is 0 Å². The van der Waals surface area contributed by atoms with E-state index in [1.54, 1.807) is 6.92 Å². The number of carboxylic acid groups (broad SMARTS) is 1. The van der Waals surface area contributed by atoms with Crippen molar-refractivity contribution in [1.29, 1.82) is 0 Å². The van der Waals surface area contributed by atoms with Gasteiger partial charge in [-0.3, -0.25) is 4.79 Å². The van der Waals surface area contributed by atoms with E-state index >= 15 is 0 Å². The van der Waals surface area contributed by atoms with Gasteiger partial charge in [-0.2, -0.15) is 4.72 Å². The van der Waals surface area contributed by atoms with E-state index in [0.717, 1.165) is 0 Å². The van der Waals surface area contributed by atoms with E-state index < -0.39 is 22.0 Å². The summed E-state index contributed by atoms with van der Waals surface area (Å²) in [7, 11) is -2.42. The fraction of sp³-hybridized carbons (Fsp3) is 0.462. The summed E-state index contributed by atoms with van der Waals surface area (Å²) in [6.45, 7) is 1.96. The highest BCUT2D eigenvalue weighted by Crippen LogP contribution is 2.20. The maximum absolute atomic E-state index is 12.3. The summed E-state index contributed by atoms with van der Waals surface area (Å²) in [4.78, 5) is 11.2. The molecule has 0 aliphatic rings. The number of halogens is 1. The summed E-state index contributed by atoms with van der Waals surface area (Å²) in [5.41, 5.74) is 0.455. The lowest BCUT2D eigenvalue weighted by Crippen LogP contribution is -2.41. The molecular formula is C13H18ClNO5S. The van der Waals surface area contributed by atoms with E-state index in [2.05, 4.69) is 4.72 Å². The van der Waals surface area contributed by atoms with Crippen molar-refractivity contribution >= 4 is 27.6 Å². The normalized spacial score (nSPS) is 13.1. The molecule has 0 heterocycles. The fourth-order valence-corrected chi connectivity index (χ4v) is 3.51. The maximum Gasteiger partial charge on any atom is 0.321 e. The van der Waals surface area contributed by atoms with Crippen molar-refractivity contribution in [1.82, 2.24) is 4.72 Å². The predicted molar refractivity (Wildman–Crippen MR) is 79.0 cm³/mol. The average Bonchev–Trinajstić information content (AvgIpc) is 2.36. The highest BCUT2D eigenvalue weighted by molar-refractivity contribution is 7.89. The maximum atomic E-state index is 12.3. The van der Waals surface area contributed by atoms with Gasteiger partial charge in [0.1, 0.15) is 6.04 Å². The van der Waals surface area contributed by atoms with Crippen LogP contribution >= 0.6 is 11.6 Å². The van der Waals surface area contributed by atoms with Gasteiger partial charge in [0.15, 0.2) is 0 Å². The Hall–Kier alpha value is -1.15. The molecule has 1 rings (SSSR count). The molecule has 0 aliphatic carbocycles. The third kappa shape index (κ3) is 5.28. The van der Waals surface area contributed by atoms with Gasteiger partial charge in [0.2, 0.25) is 10.0 Å². The Morgan fingerprint density at radius 1 is 1.48 bits per heavy atom. The second-order valence-electron chi connectivity index (χ2n) is 4.56. The van der Waals surface area contributed by atoms with Crippen LogP contribution in [-0.4, -0.2) is 39.3 Å². The number of aryl methyl sites for hydroxylation is 1. The van der Waals surface area contributed by atoms with Gasteiger partial charge >= 0.3 is 5.97 Å². The molecule has 0 radical (unpaired) electrons. The third-order valence-corrected chi connectivity index (χ3v) is 4.73. The molecular weight excluding hydrogens is 318 g/mol. The van der Waals surface area contributed by atoms with Crippen molar-refractivity contribution in [3.05, 3.63) is 28.8 Å². The van der Waals surface area contributed by atoms with E-state index in [-0.39, 0.29) is 11.3 Å². The number of aliphatic carboxylic acids is 1. The van der Waals surface area contributed by atoms with E-state index in [1.807, 2.05) is 0 Å². The van der Waals surface area contributed by atoms with Crippen LogP contribution in [0, 0.1) is 6.92 Å². The van der Waals surface area contributed by atoms with E-state index in [0.29, 0.717) is 23.6 Å². The number of sulfonamides is 1. The van der Waals surface area contributed by atoms with E-state index in [9.17, 15) is 13.2 Å². The first kappa shape index (κ1) is 17.9. The van der Waals surface area contributed by atoms with Crippen LogP contribution in [-0.2, 0) is 19.6 Å². The Morgan fingerprint density at radius 3 is 2.67 bits per heavy atom. The average molecular weight is 336 g/mol. The van der Waals surface area contributed by atoms with Gasteiger partial charge in [0, 0.05) is 18.7 Å². The van der Waals surface area contributed by atoms with Gasteiger partial charge in [-0.1, -0.05) is 11.6 Å². The molecule has 0 spiro atoms. The first-order valence-electron chi connectivity index (χ1n) is 6.28. The number of carbonyl (C=O) groups is 1. The van der Waals surface area contributed by atoms with Crippen molar-refractivity contribution in [2.24, 2.45) is 0 Å². The molecule has 0 amide bonds. The standard InChI is InChI=1S/C13H18ClNO5S/c1-9-8-10(14)5-6-12(9)21(18,19)15-11(13(16)17)4-3-7-20-2/h5-6,8,11,15H,3-4,7H2,1-2H3,(H,16,17). The molecule has 0 saturated carbocycles. The van der Waals surface area contributed by atoms with Crippen LogP contribution in [0.5, 0.6) is 0 Å². The fourth-order valence-electron chi connectivity index (χ4n) is 1.83. The summed E-state index contributed by atoms with van der Waals surface area (Å²) in [6.07, 6.45) is 0.588. The first-order chi connectivity index (χ1) is 9.77. The number of methoxy groups -OCH3 is 1. The molecule has 0 bridgehead atoms. The number of carboxylic acids is 1. The van der Waals surface area contributed by atoms with Crippen molar-refractivity contribution < 1.29 is 23.1 Å². The van der Waals surface area contributed by atoms with Gasteiger partial charge < -0.3 is 9.84 Å². The topological polar surface area (TPSA) is 92.7 Å². The van der Waals surface area contributed by atoms with Crippen LogP contribution < -0.4 is 4.72 Å². The zero-order chi connectivity index (χ0) is 16.0. The van der Waals surface area contributed by atoms with Crippen molar-refractivity contribution in [3.8, 4) is 0 Å². The van der Waals surface area contributed by atoms with Crippen LogP contribution in [0.2, 0.25) is 5.02 Å². The van der Waals surface area contributed by atoms with Crippen LogP contribution in [0.3, 0.4) is 0 Å². The number of ether oxygens (including phenoxy) is 1. The van der Waals surface area contributed by atoms with Gasteiger partial charge in [0.25, 0.3) is 0 Å². The minimum absolute atomic E-state index is 0.0184. The number of rotatable bonds is 8. The van der Waals surface area contributed by atoms with E-state index in [1.165, 1.54) is 25.3 Å². The smallest absolute Gasteiger partial charge is 0.321 e. The molecule has 0 aromatic heterocycles. The SMILES string of the molecule is COCCCC(NS(=O)(=O)c1ccc(Cl)cc1C)C(=O)O. The summed E-state index contributed by atoms with van der Waals surface area (Å²) in [5, 5.41) is 9.53. The number of nitrogens with one attached hydrogen (secondary N) is 1. The lowest BCUT2D eigenvalue weighted by Gasteiger charge is -2.15. The van der Waals surface area contributed by atoms with Crippen LogP contribution in [0.4, 0.5) is 0 Å².